The van der Waals surface area contributed by atoms with Gasteiger partial charge in [-0.05, 0) is 24.1 Å². The Morgan fingerprint density at radius 1 is 1.42 bits per heavy atom. The fourth-order valence-electron chi connectivity index (χ4n) is 1.60. The average Bonchev–Trinajstić information content (AvgIpc) is 2.38. The second-order valence-electron chi connectivity index (χ2n) is 4.06. The van der Waals surface area contributed by atoms with Gasteiger partial charge in [0.15, 0.2) is 0 Å². The van der Waals surface area contributed by atoms with Crippen LogP contribution >= 0.6 is 0 Å². The van der Waals surface area contributed by atoms with E-state index < -0.39 is 16.0 Å². The minimum absolute atomic E-state index is 0.126. The molecule has 0 spiro atoms. The Morgan fingerprint density at radius 3 is 2.58 bits per heavy atom. The van der Waals surface area contributed by atoms with Crippen molar-refractivity contribution < 1.29 is 17.9 Å². The molecule has 6 nitrogen and oxygen atoms in total. The zero-order chi connectivity index (χ0) is 14.6. The highest BCUT2D eigenvalue weighted by atomic mass is 32.2. The van der Waals surface area contributed by atoms with Crippen molar-refractivity contribution in [1.29, 1.82) is 0 Å². The molecule has 0 aliphatic rings. The van der Waals surface area contributed by atoms with Gasteiger partial charge < -0.3 is 10.5 Å². The van der Waals surface area contributed by atoms with Gasteiger partial charge in [0.2, 0.25) is 10.0 Å². The van der Waals surface area contributed by atoms with Crippen LogP contribution in [0, 0.1) is 0 Å². The summed E-state index contributed by atoms with van der Waals surface area (Å²) < 4.78 is 30.2. The molecule has 0 aliphatic heterocycles. The number of esters is 1. The molecule has 0 fully saturated rings. The molecule has 0 saturated heterocycles. The lowest BCUT2D eigenvalue weighted by molar-refractivity contribution is -0.140. The molecular weight excluding hydrogens is 268 g/mol. The van der Waals surface area contributed by atoms with Gasteiger partial charge in [0.1, 0.15) is 6.54 Å². The maximum absolute atomic E-state index is 12.4. The quantitative estimate of drug-likeness (QED) is 0.633. The van der Waals surface area contributed by atoms with Crippen molar-refractivity contribution in [3.05, 3.63) is 23.8 Å². The maximum atomic E-state index is 12.4. The predicted octanol–water partition coefficient (Wildman–Crippen LogP) is 0.625. The highest BCUT2D eigenvalue weighted by Gasteiger charge is 2.25. The third-order valence-electron chi connectivity index (χ3n) is 2.74. The van der Waals surface area contributed by atoms with Crippen molar-refractivity contribution >= 4 is 21.7 Å². The number of nitrogens with zero attached hydrogens (tertiary/aromatic N) is 1. The van der Waals surface area contributed by atoms with Crippen LogP contribution in [0.25, 0.3) is 0 Å². The van der Waals surface area contributed by atoms with Crippen molar-refractivity contribution in [2.24, 2.45) is 0 Å². The molecule has 0 aliphatic carbocycles. The van der Waals surface area contributed by atoms with E-state index in [4.69, 9.17) is 5.73 Å². The van der Waals surface area contributed by atoms with Gasteiger partial charge in [-0.25, -0.2) is 8.42 Å². The molecule has 7 heteroatoms. The number of methoxy groups -OCH3 is 1. The summed E-state index contributed by atoms with van der Waals surface area (Å²) in [4.78, 5) is 11.3. The van der Waals surface area contributed by atoms with E-state index in [2.05, 4.69) is 4.74 Å². The molecule has 19 heavy (non-hydrogen) atoms. The number of likely N-dealkylation sites (N-methyl/N-ethyl adjacent to an activating group) is 1. The van der Waals surface area contributed by atoms with Crippen molar-refractivity contribution in [2.75, 3.05) is 26.4 Å². The molecule has 0 saturated carbocycles. The van der Waals surface area contributed by atoms with Crippen LogP contribution in [0.4, 0.5) is 5.69 Å². The van der Waals surface area contributed by atoms with Crippen molar-refractivity contribution in [1.82, 2.24) is 4.31 Å². The Hall–Kier alpha value is -1.60. The van der Waals surface area contributed by atoms with Crippen LogP contribution in [0.5, 0.6) is 0 Å². The number of carbonyl (C=O) groups excluding carboxylic acids is 1. The maximum Gasteiger partial charge on any atom is 0.321 e. The largest absolute Gasteiger partial charge is 0.468 e. The van der Waals surface area contributed by atoms with Gasteiger partial charge in [0, 0.05) is 12.7 Å². The smallest absolute Gasteiger partial charge is 0.321 e. The molecule has 1 aromatic carbocycles. The summed E-state index contributed by atoms with van der Waals surface area (Å²) >= 11 is 0. The minimum atomic E-state index is -3.76. The Labute approximate surface area is 113 Å². The number of benzene rings is 1. The van der Waals surface area contributed by atoms with Gasteiger partial charge in [-0.3, -0.25) is 4.79 Å². The first kappa shape index (κ1) is 15.5. The molecule has 0 bridgehead atoms. The number of ether oxygens (including phenoxy) is 1. The lowest BCUT2D eigenvalue weighted by Gasteiger charge is -2.18. The van der Waals surface area contributed by atoms with E-state index in [1.54, 1.807) is 12.1 Å². The number of aryl methyl sites for hydroxylation is 1. The predicted molar refractivity (Wildman–Crippen MR) is 72.1 cm³/mol. The van der Waals surface area contributed by atoms with Crippen molar-refractivity contribution in [3.63, 3.8) is 0 Å². The Morgan fingerprint density at radius 2 is 2.05 bits per heavy atom. The van der Waals surface area contributed by atoms with Gasteiger partial charge in [-0.15, -0.1) is 0 Å². The Balaban J connectivity index is 3.19. The number of hydrogen-bond donors (Lipinski definition) is 1. The van der Waals surface area contributed by atoms with Crippen molar-refractivity contribution in [2.45, 2.75) is 18.2 Å². The summed E-state index contributed by atoms with van der Waals surface area (Å²) in [5.41, 5.74) is 6.65. The molecule has 0 unspecified atom stereocenters. The van der Waals surface area contributed by atoms with Crippen LogP contribution in [0.3, 0.4) is 0 Å². The van der Waals surface area contributed by atoms with E-state index in [-0.39, 0.29) is 11.4 Å². The first-order chi connectivity index (χ1) is 8.82. The van der Waals surface area contributed by atoms with Crippen LogP contribution < -0.4 is 5.73 Å². The summed E-state index contributed by atoms with van der Waals surface area (Å²) in [6, 6.07) is 4.73. The molecule has 0 heterocycles. The average molecular weight is 286 g/mol. The first-order valence-electron chi connectivity index (χ1n) is 5.74. The molecule has 106 valence electrons. The molecule has 0 radical (unpaired) electrons. The van der Waals surface area contributed by atoms with Crippen LogP contribution in [-0.4, -0.2) is 39.4 Å². The molecule has 0 aromatic heterocycles. The zero-order valence-electron chi connectivity index (χ0n) is 11.2. The van der Waals surface area contributed by atoms with E-state index in [0.29, 0.717) is 17.7 Å². The number of nitrogens with two attached hydrogens (primary N) is 1. The van der Waals surface area contributed by atoms with E-state index in [1.807, 2.05) is 6.92 Å². The molecule has 0 amide bonds. The molecule has 2 N–H and O–H groups in total. The molecule has 1 aromatic rings. The second-order valence-corrected chi connectivity index (χ2v) is 6.07. The van der Waals surface area contributed by atoms with E-state index >= 15 is 0 Å². The number of hydrogen-bond acceptors (Lipinski definition) is 5. The summed E-state index contributed by atoms with van der Waals surface area (Å²) in [6.45, 7) is 1.52. The highest BCUT2D eigenvalue weighted by Crippen LogP contribution is 2.22. The zero-order valence-corrected chi connectivity index (χ0v) is 12.0. The molecule has 1 rings (SSSR count). The Kier molecular flexibility index (Phi) is 4.90. The normalized spacial score (nSPS) is 11.6. The summed E-state index contributed by atoms with van der Waals surface area (Å²) in [7, 11) is -1.22. The second kappa shape index (κ2) is 6.03. The third-order valence-corrected chi connectivity index (χ3v) is 4.63. The monoisotopic (exact) mass is 286 g/mol. The van der Waals surface area contributed by atoms with Gasteiger partial charge in [0.25, 0.3) is 0 Å². The summed E-state index contributed by atoms with van der Waals surface area (Å²) in [6.07, 6.45) is 0.556. The van der Waals surface area contributed by atoms with Crippen LogP contribution in [0.2, 0.25) is 0 Å². The van der Waals surface area contributed by atoms with Gasteiger partial charge in [-0.2, -0.15) is 4.31 Å². The first-order valence-corrected chi connectivity index (χ1v) is 7.18. The van der Waals surface area contributed by atoms with E-state index in [0.717, 1.165) is 4.31 Å². The van der Waals surface area contributed by atoms with Crippen molar-refractivity contribution in [3.8, 4) is 0 Å². The lowest BCUT2D eigenvalue weighted by Crippen LogP contribution is -2.33. The number of anilines is 1. The fraction of sp³-hybridized carbons (Fsp3) is 0.417. The summed E-state index contributed by atoms with van der Waals surface area (Å²) in [5.74, 6) is -0.618. The van der Waals surface area contributed by atoms with Crippen LogP contribution in [0.15, 0.2) is 23.1 Å². The third kappa shape index (κ3) is 3.45. The lowest BCUT2D eigenvalue weighted by atomic mass is 10.1. The Bertz CT molecular complexity index is 569. The van der Waals surface area contributed by atoms with E-state index in [9.17, 15) is 13.2 Å². The molecular formula is C12H18N2O4S. The standard InChI is InChI=1S/C12H18N2O4S/c1-4-9-5-6-10(13)7-11(9)19(16,17)14(2)8-12(15)18-3/h5-7H,4,8,13H2,1-3H3. The summed E-state index contributed by atoms with van der Waals surface area (Å²) in [5, 5.41) is 0. The number of nitrogen functional groups attached to an aromatic ring is 1. The van der Waals surface area contributed by atoms with Gasteiger partial charge in [-0.1, -0.05) is 13.0 Å². The number of rotatable bonds is 5. The van der Waals surface area contributed by atoms with Gasteiger partial charge >= 0.3 is 5.97 Å². The SMILES string of the molecule is CCc1ccc(N)cc1S(=O)(=O)N(C)CC(=O)OC. The van der Waals surface area contributed by atoms with Crippen LogP contribution in [-0.2, 0) is 26.0 Å². The minimum Gasteiger partial charge on any atom is -0.468 e. The fourth-order valence-corrected chi connectivity index (χ4v) is 3.04. The van der Waals surface area contributed by atoms with E-state index in [1.165, 1.54) is 20.2 Å². The van der Waals surface area contributed by atoms with Gasteiger partial charge in [0.05, 0.1) is 12.0 Å². The van der Waals surface area contributed by atoms with Crippen LogP contribution in [0.1, 0.15) is 12.5 Å². The topological polar surface area (TPSA) is 89.7 Å². The number of sulfonamides is 1. The number of carbonyl (C=O) groups is 1. The highest BCUT2D eigenvalue weighted by molar-refractivity contribution is 7.89. The molecule has 0 atom stereocenters.